The average molecular weight is 326 g/mol. The van der Waals surface area contributed by atoms with Gasteiger partial charge in [0.25, 0.3) is 0 Å². The van der Waals surface area contributed by atoms with Crippen LogP contribution in [0.2, 0.25) is 0 Å². The molecule has 0 aliphatic heterocycles. The molecule has 0 fully saturated rings. The standard InChI is InChI=1S/C16H10F4O3/c17-13-7-10(4-5-15(21)22)6-12(8-13)11-2-1-3-14(9-11)23-16(18,19)20/h1-9H,(H,21,22)/b5-4+. The molecule has 0 aromatic heterocycles. The van der Waals surface area contributed by atoms with Gasteiger partial charge in [0.15, 0.2) is 0 Å². The summed E-state index contributed by atoms with van der Waals surface area (Å²) < 4.78 is 54.1. The number of halogens is 4. The number of benzene rings is 2. The topological polar surface area (TPSA) is 46.5 Å². The summed E-state index contributed by atoms with van der Waals surface area (Å²) in [5.41, 5.74) is 0.864. The lowest BCUT2D eigenvalue weighted by atomic mass is 10.0. The van der Waals surface area contributed by atoms with Crippen LogP contribution < -0.4 is 4.74 Å². The summed E-state index contributed by atoms with van der Waals surface area (Å²) in [7, 11) is 0. The molecule has 0 unspecified atom stereocenters. The van der Waals surface area contributed by atoms with E-state index in [1.54, 1.807) is 0 Å². The minimum absolute atomic E-state index is 0.268. The van der Waals surface area contributed by atoms with Crippen molar-refractivity contribution in [3.63, 3.8) is 0 Å². The monoisotopic (exact) mass is 326 g/mol. The molecule has 2 aromatic carbocycles. The fraction of sp³-hybridized carbons (Fsp3) is 0.0625. The van der Waals surface area contributed by atoms with E-state index in [2.05, 4.69) is 4.74 Å². The third-order valence-electron chi connectivity index (χ3n) is 2.74. The highest BCUT2D eigenvalue weighted by atomic mass is 19.4. The predicted octanol–water partition coefficient (Wildman–Crippen LogP) is 4.49. The van der Waals surface area contributed by atoms with Crippen LogP contribution in [-0.4, -0.2) is 17.4 Å². The lowest BCUT2D eigenvalue weighted by molar-refractivity contribution is -0.274. The van der Waals surface area contributed by atoms with Gasteiger partial charge >= 0.3 is 12.3 Å². The summed E-state index contributed by atoms with van der Waals surface area (Å²) in [4.78, 5) is 10.5. The molecule has 7 heteroatoms. The molecular formula is C16H10F4O3. The van der Waals surface area contributed by atoms with E-state index in [1.807, 2.05) is 0 Å². The van der Waals surface area contributed by atoms with Gasteiger partial charge in [-0.05, 0) is 53.1 Å². The Morgan fingerprint density at radius 2 is 1.83 bits per heavy atom. The second kappa shape index (κ2) is 6.51. The molecule has 120 valence electrons. The lowest BCUT2D eigenvalue weighted by Crippen LogP contribution is -2.17. The molecule has 0 bridgehead atoms. The van der Waals surface area contributed by atoms with Gasteiger partial charge in [0, 0.05) is 6.08 Å². The van der Waals surface area contributed by atoms with Gasteiger partial charge in [-0.1, -0.05) is 12.1 Å². The van der Waals surface area contributed by atoms with Crippen LogP contribution in [0.15, 0.2) is 48.5 Å². The maximum absolute atomic E-state index is 13.6. The number of hydrogen-bond acceptors (Lipinski definition) is 2. The quantitative estimate of drug-likeness (QED) is 0.665. The number of carboxylic acid groups (broad SMARTS) is 1. The number of aliphatic carboxylic acids is 1. The highest BCUT2D eigenvalue weighted by Gasteiger charge is 2.31. The fourth-order valence-corrected chi connectivity index (χ4v) is 1.92. The first-order valence-electron chi connectivity index (χ1n) is 6.31. The van der Waals surface area contributed by atoms with Gasteiger partial charge in [-0.3, -0.25) is 0 Å². The second-order valence-corrected chi connectivity index (χ2v) is 4.52. The minimum Gasteiger partial charge on any atom is -0.478 e. The lowest BCUT2D eigenvalue weighted by Gasteiger charge is -2.10. The molecule has 0 saturated carbocycles. The van der Waals surface area contributed by atoms with E-state index in [9.17, 15) is 22.4 Å². The highest BCUT2D eigenvalue weighted by Crippen LogP contribution is 2.29. The number of rotatable bonds is 4. The van der Waals surface area contributed by atoms with Crippen LogP contribution in [-0.2, 0) is 4.79 Å². The number of carboxylic acids is 1. The number of carbonyl (C=O) groups is 1. The van der Waals surface area contributed by atoms with Crippen LogP contribution >= 0.6 is 0 Å². The molecule has 0 radical (unpaired) electrons. The van der Waals surface area contributed by atoms with Crippen molar-refractivity contribution in [2.24, 2.45) is 0 Å². The first-order chi connectivity index (χ1) is 10.7. The normalized spacial score (nSPS) is 11.7. The Hall–Kier alpha value is -2.83. The Bertz CT molecular complexity index is 751. The third kappa shape index (κ3) is 5.14. The SMILES string of the molecule is O=C(O)/C=C/c1cc(F)cc(-c2cccc(OC(F)(F)F)c2)c1. The Morgan fingerprint density at radius 1 is 1.09 bits per heavy atom. The Morgan fingerprint density at radius 3 is 2.48 bits per heavy atom. The van der Waals surface area contributed by atoms with Gasteiger partial charge in [-0.25, -0.2) is 9.18 Å². The summed E-state index contributed by atoms with van der Waals surface area (Å²) in [6, 6.07) is 8.77. The molecule has 0 spiro atoms. The van der Waals surface area contributed by atoms with Crippen molar-refractivity contribution in [3.8, 4) is 16.9 Å². The zero-order chi connectivity index (χ0) is 17.0. The molecule has 3 nitrogen and oxygen atoms in total. The van der Waals surface area contributed by atoms with E-state index in [0.29, 0.717) is 11.1 Å². The summed E-state index contributed by atoms with van der Waals surface area (Å²) in [5.74, 6) is -2.27. The van der Waals surface area contributed by atoms with Crippen molar-refractivity contribution in [1.29, 1.82) is 0 Å². The van der Waals surface area contributed by atoms with Crippen molar-refractivity contribution in [3.05, 3.63) is 59.9 Å². The van der Waals surface area contributed by atoms with Gasteiger partial charge in [0.2, 0.25) is 0 Å². The number of alkyl halides is 3. The van der Waals surface area contributed by atoms with Crippen molar-refractivity contribution >= 4 is 12.0 Å². The first-order valence-corrected chi connectivity index (χ1v) is 6.31. The fourth-order valence-electron chi connectivity index (χ4n) is 1.92. The predicted molar refractivity (Wildman–Crippen MR) is 75.2 cm³/mol. The molecule has 0 saturated heterocycles. The molecule has 0 aliphatic carbocycles. The zero-order valence-corrected chi connectivity index (χ0v) is 11.5. The molecule has 23 heavy (non-hydrogen) atoms. The smallest absolute Gasteiger partial charge is 0.478 e. The average Bonchev–Trinajstić information content (AvgIpc) is 2.43. The number of ether oxygens (including phenoxy) is 1. The van der Waals surface area contributed by atoms with E-state index in [1.165, 1.54) is 24.3 Å². The van der Waals surface area contributed by atoms with Gasteiger partial charge < -0.3 is 9.84 Å². The maximum Gasteiger partial charge on any atom is 0.573 e. The van der Waals surface area contributed by atoms with Crippen molar-refractivity contribution in [2.45, 2.75) is 6.36 Å². The Balaban J connectivity index is 2.38. The van der Waals surface area contributed by atoms with Crippen LogP contribution in [0.1, 0.15) is 5.56 Å². The molecule has 2 aromatic rings. The van der Waals surface area contributed by atoms with Crippen LogP contribution in [0.25, 0.3) is 17.2 Å². The maximum atomic E-state index is 13.6. The van der Waals surface area contributed by atoms with Crippen molar-refractivity contribution in [1.82, 2.24) is 0 Å². The summed E-state index contributed by atoms with van der Waals surface area (Å²) in [6.07, 6.45) is -2.80. The summed E-state index contributed by atoms with van der Waals surface area (Å²) in [5, 5.41) is 8.57. The van der Waals surface area contributed by atoms with Crippen LogP contribution in [0, 0.1) is 5.82 Å². The van der Waals surface area contributed by atoms with Crippen molar-refractivity contribution in [2.75, 3.05) is 0 Å². The van der Waals surface area contributed by atoms with Crippen LogP contribution in [0.3, 0.4) is 0 Å². The first kappa shape index (κ1) is 16.5. The van der Waals surface area contributed by atoms with Crippen LogP contribution in [0.4, 0.5) is 17.6 Å². The zero-order valence-electron chi connectivity index (χ0n) is 11.5. The van der Waals surface area contributed by atoms with Gasteiger partial charge in [-0.15, -0.1) is 13.2 Å². The van der Waals surface area contributed by atoms with E-state index < -0.39 is 23.9 Å². The van der Waals surface area contributed by atoms with E-state index in [-0.39, 0.29) is 5.56 Å². The van der Waals surface area contributed by atoms with E-state index in [4.69, 9.17) is 5.11 Å². The third-order valence-corrected chi connectivity index (χ3v) is 2.74. The molecular weight excluding hydrogens is 316 g/mol. The molecule has 0 heterocycles. The number of hydrogen-bond donors (Lipinski definition) is 1. The molecule has 0 aliphatic rings. The van der Waals surface area contributed by atoms with Gasteiger partial charge in [0.1, 0.15) is 11.6 Å². The summed E-state index contributed by atoms with van der Waals surface area (Å²) >= 11 is 0. The van der Waals surface area contributed by atoms with E-state index >= 15 is 0 Å². The summed E-state index contributed by atoms with van der Waals surface area (Å²) in [6.45, 7) is 0. The molecule has 2 rings (SSSR count). The Kier molecular flexibility index (Phi) is 4.68. The molecule has 0 atom stereocenters. The highest BCUT2D eigenvalue weighted by molar-refractivity contribution is 5.85. The molecule has 0 amide bonds. The largest absolute Gasteiger partial charge is 0.573 e. The van der Waals surface area contributed by atoms with Crippen LogP contribution in [0.5, 0.6) is 5.75 Å². The Labute approximate surface area is 128 Å². The second-order valence-electron chi connectivity index (χ2n) is 4.52. The minimum atomic E-state index is -4.82. The van der Waals surface area contributed by atoms with Gasteiger partial charge in [-0.2, -0.15) is 0 Å². The van der Waals surface area contributed by atoms with Crippen molar-refractivity contribution < 1.29 is 32.2 Å². The van der Waals surface area contributed by atoms with E-state index in [0.717, 1.165) is 30.3 Å². The van der Waals surface area contributed by atoms with Gasteiger partial charge in [0.05, 0.1) is 0 Å². The molecule has 1 N–H and O–H groups in total.